The Labute approximate surface area is 175 Å². The van der Waals surface area contributed by atoms with Crippen LogP contribution in [0.2, 0.25) is 0 Å². The molecule has 1 saturated heterocycles. The molecule has 1 aromatic carbocycles. The minimum absolute atomic E-state index is 0.0748. The van der Waals surface area contributed by atoms with E-state index >= 15 is 0 Å². The summed E-state index contributed by atoms with van der Waals surface area (Å²) in [4.78, 5) is 51.3. The van der Waals surface area contributed by atoms with Crippen molar-refractivity contribution in [3.05, 3.63) is 42.0 Å². The van der Waals surface area contributed by atoms with Crippen molar-refractivity contribution >= 4 is 29.2 Å². The molecule has 9 heteroatoms. The van der Waals surface area contributed by atoms with E-state index in [1.807, 2.05) is 12.2 Å². The fourth-order valence-corrected chi connectivity index (χ4v) is 5.61. The number of anilines is 1. The Kier molecular flexibility index (Phi) is 4.19. The molecule has 6 nitrogen and oxygen atoms in total. The zero-order chi connectivity index (χ0) is 22.2. The second-order valence-corrected chi connectivity index (χ2v) is 8.74. The molecule has 5 aliphatic rings. The Bertz CT molecular complexity index is 1010. The van der Waals surface area contributed by atoms with E-state index in [9.17, 15) is 32.3 Å². The summed E-state index contributed by atoms with van der Waals surface area (Å²) in [5.74, 6) is -4.22. The second kappa shape index (κ2) is 6.51. The first kappa shape index (κ1) is 20.0. The first-order valence-electron chi connectivity index (χ1n) is 10.1. The molecule has 0 aromatic heterocycles. The highest BCUT2D eigenvalue weighted by molar-refractivity contribution is 6.08. The second-order valence-electron chi connectivity index (χ2n) is 8.74. The molecule has 0 spiro atoms. The maximum atomic E-state index is 13.3. The fourth-order valence-electron chi connectivity index (χ4n) is 5.61. The Morgan fingerprint density at radius 2 is 1.65 bits per heavy atom. The minimum Gasteiger partial charge on any atom is -0.295 e. The van der Waals surface area contributed by atoms with Crippen LogP contribution in [0.15, 0.2) is 36.4 Å². The highest BCUT2D eigenvalue weighted by Gasteiger charge is 2.67. The molecule has 0 N–H and O–H groups in total. The summed E-state index contributed by atoms with van der Waals surface area (Å²) in [5.41, 5.74) is -0.0815. The van der Waals surface area contributed by atoms with E-state index < -0.39 is 42.4 Å². The fraction of sp³-hybridized carbons (Fsp3) is 0.455. The largest absolute Gasteiger partial charge is 0.471 e. The summed E-state index contributed by atoms with van der Waals surface area (Å²) in [6.45, 7) is 0.417. The lowest BCUT2D eigenvalue weighted by Crippen LogP contribution is -2.49. The van der Waals surface area contributed by atoms with Crippen LogP contribution in [0.4, 0.5) is 18.9 Å². The van der Waals surface area contributed by atoms with Crippen LogP contribution in [0, 0.1) is 35.5 Å². The summed E-state index contributed by atoms with van der Waals surface area (Å²) in [6, 6.07) is 5.17. The van der Waals surface area contributed by atoms with Crippen LogP contribution in [-0.4, -0.2) is 41.2 Å². The molecule has 0 radical (unpaired) electrons. The lowest BCUT2D eigenvalue weighted by atomic mass is 9.63. The summed E-state index contributed by atoms with van der Waals surface area (Å²) < 4.78 is 40.0. The number of nitrogens with zero attached hydrogens (tertiary/aromatic N) is 2. The lowest BCUT2D eigenvalue weighted by molar-refractivity contribution is -0.171. The van der Waals surface area contributed by atoms with E-state index in [0.29, 0.717) is 16.7 Å². The standard InChI is InChI=1S/C22H19F3N2O4/c1-10(28)11-3-2-4-12(7-11)26(21(31)22(23,24)25)9-27-19(29)17-13-5-6-14(16-8-15(13)16)18(17)20(27)30/h2-7,13-18H,8-9H2,1H3/t13-,14-,15-,16-,17+,18+/m1/s1. The normalized spacial score (nSPS) is 32.7. The molecular formula is C22H19F3N2O4. The van der Waals surface area contributed by atoms with Gasteiger partial charge in [-0.3, -0.25) is 29.0 Å². The molecule has 3 amide bonds. The number of Topliss-reactive ketones (excluding diaryl/α,β-unsaturated/α-hetero) is 1. The van der Waals surface area contributed by atoms with Crippen molar-refractivity contribution < 1.29 is 32.3 Å². The van der Waals surface area contributed by atoms with E-state index in [4.69, 9.17) is 0 Å². The van der Waals surface area contributed by atoms with Crippen LogP contribution >= 0.6 is 0 Å². The average molecular weight is 432 g/mol. The zero-order valence-electron chi connectivity index (χ0n) is 16.5. The summed E-state index contributed by atoms with van der Waals surface area (Å²) in [6.07, 6.45) is -0.327. The van der Waals surface area contributed by atoms with Gasteiger partial charge in [0.05, 0.1) is 11.8 Å². The number of halogens is 3. The first-order chi connectivity index (χ1) is 14.6. The average Bonchev–Trinajstić information content (AvgIpc) is 3.51. The van der Waals surface area contributed by atoms with Crippen LogP contribution in [0.1, 0.15) is 23.7 Å². The van der Waals surface area contributed by atoms with Gasteiger partial charge in [0.2, 0.25) is 11.8 Å². The molecule has 6 rings (SSSR count). The minimum atomic E-state index is -5.22. The van der Waals surface area contributed by atoms with Crippen molar-refractivity contribution in [2.45, 2.75) is 19.5 Å². The van der Waals surface area contributed by atoms with Gasteiger partial charge in [-0.25, -0.2) is 0 Å². The van der Waals surface area contributed by atoms with Gasteiger partial charge < -0.3 is 0 Å². The quantitative estimate of drug-likeness (QED) is 0.417. The molecule has 1 aliphatic heterocycles. The number of carbonyl (C=O) groups is 4. The number of amides is 3. The van der Waals surface area contributed by atoms with Gasteiger partial charge in [0, 0.05) is 11.3 Å². The van der Waals surface area contributed by atoms with Gasteiger partial charge in [-0.15, -0.1) is 0 Å². The van der Waals surface area contributed by atoms with Crippen molar-refractivity contribution in [3.63, 3.8) is 0 Å². The number of hydrogen-bond acceptors (Lipinski definition) is 4. The van der Waals surface area contributed by atoms with E-state index in [1.165, 1.54) is 25.1 Å². The van der Waals surface area contributed by atoms with E-state index in [-0.39, 0.29) is 28.9 Å². The van der Waals surface area contributed by atoms with Crippen LogP contribution in [0.25, 0.3) is 0 Å². The number of ketones is 1. The molecule has 2 saturated carbocycles. The summed E-state index contributed by atoms with van der Waals surface area (Å²) in [5, 5.41) is 0. The third-order valence-electron chi connectivity index (χ3n) is 7.09. The number of hydrogen-bond donors (Lipinski definition) is 0. The highest BCUT2D eigenvalue weighted by Crippen LogP contribution is 2.65. The Morgan fingerprint density at radius 1 is 1.06 bits per heavy atom. The van der Waals surface area contributed by atoms with Gasteiger partial charge in [0.15, 0.2) is 5.78 Å². The summed E-state index contributed by atoms with van der Waals surface area (Å²) >= 11 is 0. The number of rotatable bonds is 4. The van der Waals surface area contributed by atoms with E-state index in [0.717, 1.165) is 17.4 Å². The number of imide groups is 1. The van der Waals surface area contributed by atoms with Crippen LogP contribution in [-0.2, 0) is 14.4 Å². The number of benzene rings is 1. The maximum absolute atomic E-state index is 13.3. The monoisotopic (exact) mass is 432 g/mol. The molecule has 2 bridgehead atoms. The number of likely N-dealkylation sites (tertiary alicyclic amines) is 1. The molecular weight excluding hydrogens is 413 g/mol. The molecule has 162 valence electrons. The van der Waals surface area contributed by atoms with Gasteiger partial charge in [0.25, 0.3) is 0 Å². The lowest BCUT2D eigenvalue weighted by Gasteiger charge is -2.37. The van der Waals surface area contributed by atoms with Crippen LogP contribution < -0.4 is 4.90 Å². The Morgan fingerprint density at radius 3 is 2.16 bits per heavy atom. The van der Waals surface area contributed by atoms with Gasteiger partial charge >= 0.3 is 12.1 Å². The van der Waals surface area contributed by atoms with Crippen molar-refractivity contribution in [2.75, 3.05) is 11.6 Å². The molecule has 3 fully saturated rings. The third-order valence-corrected chi connectivity index (χ3v) is 7.09. The predicted octanol–water partition coefficient (Wildman–Crippen LogP) is 2.80. The summed E-state index contributed by atoms with van der Waals surface area (Å²) in [7, 11) is 0. The van der Waals surface area contributed by atoms with E-state index in [2.05, 4.69) is 0 Å². The van der Waals surface area contributed by atoms with Gasteiger partial charge in [-0.2, -0.15) is 13.2 Å². The van der Waals surface area contributed by atoms with Crippen LogP contribution in [0.5, 0.6) is 0 Å². The van der Waals surface area contributed by atoms with Crippen molar-refractivity contribution in [1.82, 2.24) is 4.90 Å². The number of carbonyl (C=O) groups excluding carboxylic acids is 4. The maximum Gasteiger partial charge on any atom is 0.471 e. The number of allylic oxidation sites excluding steroid dienone is 2. The van der Waals surface area contributed by atoms with Crippen molar-refractivity contribution in [2.24, 2.45) is 35.5 Å². The van der Waals surface area contributed by atoms with Gasteiger partial charge in [-0.05, 0) is 49.1 Å². The van der Waals surface area contributed by atoms with Crippen molar-refractivity contribution in [1.29, 1.82) is 0 Å². The smallest absolute Gasteiger partial charge is 0.295 e. The third kappa shape index (κ3) is 2.93. The molecule has 1 heterocycles. The molecule has 6 atom stereocenters. The molecule has 0 unspecified atom stereocenters. The zero-order valence-corrected chi connectivity index (χ0v) is 16.5. The molecule has 1 aromatic rings. The van der Waals surface area contributed by atoms with Gasteiger partial charge in [-0.1, -0.05) is 24.3 Å². The van der Waals surface area contributed by atoms with Crippen molar-refractivity contribution in [3.8, 4) is 0 Å². The molecule has 31 heavy (non-hydrogen) atoms. The Hall–Kier alpha value is -2.97. The predicted molar refractivity (Wildman–Crippen MR) is 101 cm³/mol. The SMILES string of the molecule is CC(=O)c1cccc(N(CN2C(=O)[C@H]3[C@@H]4C=C[C@H]([C@H]5C[C@H]45)[C@@H]3C2=O)C(=O)C(F)(F)F)c1. The van der Waals surface area contributed by atoms with Gasteiger partial charge in [0.1, 0.15) is 6.67 Å². The molecule has 4 aliphatic carbocycles. The topological polar surface area (TPSA) is 74.8 Å². The Balaban J connectivity index is 1.48. The first-order valence-corrected chi connectivity index (χ1v) is 10.1. The highest BCUT2D eigenvalue weighted by atomic mass is 19.4. The number of alkyl halides is 3. The van der Waals surface area contributed by atoms with Crippen LogP contribution in [0.3, 0.4) is 0 Å². The van der Waals surface area contributed by atoms with E-state index in [1.54, 1.807) is 0 Å².